The Morgan fingerprint density at radius 2 is 1.47 bits per heavy atom. The Labute approximate surface area is 261 Å². The molecule has 1 aliphatic rings. The summed E-state index contributed by atoms with van der Waals surface area (Å²) in [6.07, 6.45) is 0. The molecule has 3 amide bonds. The number of ether oxygens (including phenoxy) is 1. The molecule has 0 bridgehead atoms. The maximum atomic E-state index is 13.8. The first-order chi connectivity index (χ1) is 21.4. The molecule has 4 rings (SSSR count). The molecule has 3 aromatic carbocycles. The first-order valence-electron chi connectivity index (χ1n) is 13.9. The predicted octanol–water partition coefficient (Wildman–Crippen LogP) is 3.04. The number of hydrogen-bond donors (Lipinski definition) is 4. The van der Waals surface area contributed by atoms with E-state index in [1.54, 1.807) is 50.2 Å². The number of carboxylic acids is 1. The number of halogens is 2. The highest BCUT2D eigenvalue weighted by Crippen LogP contribution is 2.45. The number of thioether (sulfide) groups is 1. The minimum absolute atomic E-state index is 0.0601. The van der Waals surface area contributed by atoms with E-state index in [9.17, 15) is 37.9 Å². The molecule has 1 aliphatic heterocycles. The Balaban J connectivity index is 1.42. The Morgan fingerprint density at radius 3 is 2.00 bits per heavy atom. The smallest absolute Gasteiger partial charge is 0.326 e. The summed E-state index contributed by atoms with van der Waals surface area (Å²) in [4.78, 5) is 61.1. The molecular weight excluding hydrogens is 608 g/mol. The maximum Gasteiger partial charge on any atom is 0.326 e. The van der Waals surface area contributed by atoms with Crippen molar-refractivity contribution in [3.05, 3.63) is 101 Å². The monoisotopic (exact) mass is 639 g/mol. The molecule has 45 heavy (non-hydrogen) atoms. The van der Waals surface area contributed by atoms with Crippen LogP contribution in [0.25, 0.3) is 0 Å². The Bertz CT molecular complexity index is 1570. The largest absolute Gasteiger partial charge is 0.484 e. The van der Waals surface area contributed by atoms with Crippen LogP contribution in [0, 0.1) is 17.6 Å². The summed E-state index contributed by atoms with van der Waals surface area (Å²) in [6.45, 7) is 2.43. The summed E-state index contributed by atoms with van der Waals surface area (Å²) >= 11 is 1.11. The number of nitrogens with one attached hydrogen (secondary N) is 3. The van der Waals surface area contributed by atoms with Crippen molar-refractivity contribution in [2.24, 2.45) is 5.92 Å². The lowest BCUT2D eigenvalue weighted by atomic mass is 9.74. The minimum atomic E-state index is -1.18. The van der Waals surface area contributed by atoms with Gasteiger partial charge >= 0.3 is 5.97 Å². The van der Waals surface area contributed by atoms with Crippen LogP contribution in [0.1, 0.15) is 35.3 Å². The third-order valence-corrected chi connectivity index (χ3v) is 8.50. The number of ketones is 1. The van der Waals surface area contributed by atoms with Crippen LogP contribution in [-0.2, 0) is 24.7 Å². The molecule has 13 heteroatoms. The number of Topliss-reactive ketones (excluding diaryl/α,β-unsaturated/α-hetero) is 1. The zero-order valence-electron chi connectivity index (χ0n) is 24.3. The van der Waals surface area contributed by atoms with E-state index in [-0.39, 0.29) is 23.4 Å². The molecule has 10 nitrogen and oxygen atoms in total. The van der Waals surface area contributed by atoms with Crippen molar-refractivity contribution in [2.75, 3.05) is 18.9 Å². The van der Waals surface area contributed by atoms with Gasteiger partial charge in [0.15, 0.2) is 12.4 Å². The molecule has 0 saturated carbocycles. The maximum absolute atomic E-state index is 13.8. The zero-order valence-corrected chi connectivity index (χ0v) is 25.2. The molecule has 3 aromatic rings. The number of carbonyl (C=O) groups is 5. The van der Waals surface area contributed by atoms with Gasteiger partial charge in [0, 0.05) is 5.56 Å². The van der Waals surface area contributed by atoms with Gasteiger partial charge in [-0.15, -0.1) is 11.8 Å². The SMILES string of the molecule is CC(C)[C@@H](NC(=O)CNC(=O)COc1ccc([C@]2(c3ccc(F)cc3)NC(=O)[C@@H]2SCC(=O)c2ccc(F)cc2)cc1)C(=O)O. The summed E-state index contributed by atoms with van der Waals surface area (Å²) in [6, 6.07) is 16.2. The van der Waals surface area contributed by atoms with Gasteiger partial charge in [0.05, 0.1) is 12.3 Å². The van der Waals surface area contributed by atoms with Gasteiger partial charge in [-0.2, -0.15) is 0 Å². The van der Waals surface area contributed by atoms with Gasteiger partial charge in [-0.05, 0) is 65.6 Å². The van der Waals surface area contributed by atoms with E-state index < -0.39 is 59.4 Å². The lowest BCUT2D eigenvalue weighted by molar-refractivity contribution is -0.143. The fraction of sp³-hybridized carbons (Fsp3) is 0.281. The molecule has 0 unspecified atom stereocenters. The molecule has 236 valence electrons. The van der Waals surface area contributed by atoms with Crippen LogP contribution >= 0.6 is 11.8 Å². The van der Waals surface area contributed by atoms with Crippen LogP contribution in [0.3, 0.4) is 0 Å². The molecule has 0 radical (unpaired) electrons. The van der Waals surface area contributed by atoms with Gasteiger partial charge in [-0.25, -0.2) is 13.6 Å². The van der Waals surface area contributed by atoms with Crippen LogP contribution in [0.5, 0.6) is 5.75 Å². The summed E-state index contributed by atoms with van der Waals surface area (Å²) in [5.41, 5.74) is 0.407. The quantitative estimate of drug-likeness (QED) is 0.155. The van der Waals surface area contributed by atoms with E-state index in [1.165, 1.54) is 36.4 Å². The highest BCUT2D eigenvalue weighted by Gasteiger charge is 2.56. The number of rotatable bonds is 14. The molecule has 0 aromatic heterocycles. The van der Waals surface area contributed by atoms with Crippen molar-refractivity contribution in [3.8, 4) is 5.75 Å². The molecule has 0 aliphatic carbocycles. The average Bonchev–Trinajstić information content (AvgIpc) is 3.01. The van der Waals surface area contributed by atoms with E-state index in [2.05, 4.69) is 16.0 Å². The van der Waals surface area contributed by atoms with E-state index in [1.807, 2.05) is 0 Å². The fourth-order valence-electron chi connectivity index (χ4n) is 4.78. The van der Waals surface area contributed by atoms with E-state index >= 15 is 0 Å². The second kappa shape index (κ2) is 14.3. The van der Waals surface area contributed by atoms with Crippen LogP contribution < -0.4 is 20.7 Å². The van der Waals surface area contributed by atoms with Crippen molar-refractivity contribution in [2.45, 2.75) is 30.7 Å². The summed E-state index contributed by atoms with van der Waals surface area (Å²) in [5, 5.41) is 16.1. The number of benzene rings is 3. The van der Waals surface area contributed by atoms with Crippen molar-refractivity contribution in [1.29, 1.82) is 0 Å². The number of amides is 3. The second-order valence-electron chi connectivity index (χ2n) is 10.6. The highest BCUT2D eigenvalue weighted by molar-refractivity contribution is 8.01. The van der Waals surface area contributed by atoms with Crippen molar-refractivity contribution in [3.63, 3.8) is 0 Å². The highest BCUT2D eigenvalue weighted by atomic mass is 32.2. The third kappa shape index (κ3) is 7.85. The first kappa shape index (κ1) is 33.1. The number of hydrogen-bond acceptors (Lipinski definition) is 7. The van der Waals surface area contributed by atoms with Crippen LogP contribution in [0.2, 0.25) is 0 Å². The lowest BCUT2D eigenvalue weighted by Gasteiger charge is -2.49. The lowest BCUT2D eigenvalue weighted by Crippen LogP contribution is -2.69. The van der Waals surface area contributed by atoms with E-state index in [0.717, 1.165) is 11.8 Å². The first-order valence-corrected chi connectivity index (χ1v) is 15.0. The molecule has 1 saturated heterocycles. The van der Waals surface area contributed by atoms with Crippen molar-refractivity contribution in [1.82, 2.24) is 16.0 Å². The number of aliphatic carboxylic acids is 1. The normalized spacial score (nSPS) is 17.9. The van der Waals surface area contributed by atoms with Gasteiger partial charge in [-0.3, -0.25) is 19.2 Å². The van der Waals surface area contributed by atoms with Crippen LogP contribution in [-0.4, -0.2) is 64.8 Å². The summed E-state index contributed by atoms with van der Waals surface area (Å²) in [5.74, 6) is -4.08. The number of carbonyl (C=O) groups excluding carboxylic acids is 4. The Kier molecular flexibility index (Phi) is 10.6. The Morgan fingerprint density at radius 1 is 0.911 bits per heavy atom. The predicted molar refractivity (Wildman–Crippen MR) is 162 cm³/mol. The standard InChI is InChI=1S/C32H31F2N3O7S/c1-18(2)28(31(42)43)36-26(39)15-35-27(40)16-44-24-13-7-21(8-14-24)32(20-5-11-23(34)12-6-20)29(30(41)37-32)45-17-25(38)19-3-9-22(33)10-4-19/h3-14,18,28-29H,15-17H2,1-2H3,(H,35,40)(H,36,39)(H,37,41)(H,42,43)/t28-,29+,32+/m1/s1. The summed E-state index contributed by atoms with van der Waals surface area (Å²) < 4.78 is 32.6. The van der Waals surface area contributed by atoms with Crippen LogP contribution in [0.4, 0.5) is 8.78 Å². The van der Waals surface area contributed by atoms with Gasteiger partial charge in [0.1, 0.15) is 34.2 Å². The molecular formula is C32H31F2N3O7S. The molecule has 1 heterocycles. The molecule has 1 fully saturated rings. The van der Waals surface area contributed by atoms with Gasteiger partial charge in [0.2, 0.25) is 11.8 Å². The van der Waals surface area contributed by atoms with Gasteiger partial charge in [-0.1, -0.05) is 38.1 Å². The topological polar surface area (TPSA) is 151 Å². The fourth-order valence-corrected chi connectivity index (χ4v) is 6.06. The van der Waals surface area contributed by atoms with Crippen molar-refractivity contribution >= 4 is 41.2 Å². The summed E-state index contributed by atoms with van der Waals surface area (Å²) in [7, 11) is 0. The average molecular weight is 640 g/mol. The van der Waals surface area contributed by atoms with E-state index in [0.29, 0.717) is 22.4 Å². The second-order valence-corrected chi connectivity index (χ2v) is 11.7. The minimum Gasteiger partial charge on any atom is -0.484 e. The van der Waals surface area contributed by atoms with Crippen molar-refractivity contribution < 1.29 is 42.6 Å². The number of β-lactam (4-membered cyclic amide) rings is 1. The molecule has 3 atom stereocenters. The third-order valence-electron chi connectivity index (χ3n) is 7.17. The number of carboxylic acid groups (broad SMARTS) is 1. The zero-order chi connectivity index (χ0) is 32.7. The van der Waals surface area contributed by atoms with E-state index in [4.69, 9.17) is 4.74 Å². The van der Waals surface area contributed by atoms with Gasteiger partial charge < -0.3 is 25.8 Å². The van der Waals surface area contributed by atoms with Crippen LogP contribution in [0.15, 0.2) is 72.8 Å². The Hall–Kier alpha value is -4.78. The molecule has 0 spiro atoms. The van der Waals surface area contributed by atoms with Gasteiger partial charge in [0.25, 0.3) is 5.91 Å². The molecule has 4 N–H and O–H groups in total.